The van der Waals surface area contributed by atoms with E-state index in [1.54, 1.807) is 24.3 Å². The van der Waals surface area contributed by atoms with Crippen molar-refractivity contribution in [1.29, 1.82) is 0 Å². The molecule has 0 radical (unpaired) electrons. The molecule has 0 saturated carbocycles. The Hall–Kier alpha value is -2.78. The summed E-state index contributed by atoms with van der Waals surface area (Å²) in [7, 11) is -1.28. The molecule has 9 heteroatoms. The maximum Gasteiger partial charge on any atom is 0.323 e. The molecular formula is C19H25N5O3S. The lowest BCUT2D eigenvalue weighted by Crippen LogP contribution is -2.44. The normalized spacial score (nSPS) is 15.1. The zero-order valence-corrected chi connectivity index (χ0v) is 16.8. The third kappa shape index (κ3) is 5.61. The van der Waals surface area contributed by atoms with Crippen molar-refractivity contribution in [2.24, 2.45) is 0 Å². The predicted molar refractivity (Wildman–Crippen MR) is 114 cm³/mol. The molecule has 150 valence electrons. The summed E-state index contributed by atoms with van der Waals surface area (Å²) in [6.07, 6.45) is 1.08. The molecule has 8 nitrogen and oxygen atoms in total. The Labute approximate surface area is 165 Å². The molecule has 0 unspecified atom stereocenters. The van der Waals surface area contributed by atoms with Gasteiger partial charge in [-0.25, -0.2) is 13.2 Å². The molecule has 2 amide bonds. The van der Waals surface area contributed by atoms with Gasteiger partial charge in [0.2, 0.25) is 10.0 Å². The standard InChI is InChI=1S/C19H25N5O3S/c1-23-10-12-24(13-11-23)18-9-4-3-8-17(18)21-19(25)20-15-6-5-7-16(14-15)22-28(2,26)27/h3-9,14,22H,10-13H2,1-2H3,(H2,20,21,25). The minimum absolute atomic E-state index is 0.387. The van der Waals surface area contributed by atoms with E-state index >= 15 is 0 Å². The van der Waals surface area contributed by atoms with E-state index in [0.29, 0.717) is 11.4 Å². The number of carbonyl (C=O) groups is 1. The summed E-state index contributed by atoms with van der Waals surface area (Å²) < 4.78 is 25.1. The molecule has 0 aromatic heterocycles. The minimum Gasteiger partial charge on any atom is -0.367 e. The second kappa shape index (κ2) is 8.49. The highest BCUT2D eigenvalue weighted by Gasteiger charge is 2.17. The van der Waals surface area contributed by atoms with Gasteiger partial charge in [-0.2, -0.15) is 0 Å². The first-order chi connectivity index (χ1) is 13.3. The molecular weight excluding hydrogens is 378 g/mol. The summed E-state index contributed by atoms with van der Waals surface area (Å²) in [5, 5.41) is 5.63. The van der Waals surface area contributed by atoms with Crippen LogP contribution in [0.4, 0.5) is 27.5 Å². The highest BCUT2D eigenvalue weighted by atomic mass is 32.2. The number of urea groups is 1. The molecule has 1 aliphatic heterocycles. The number of amides is 2. The number of carbonyl (C=O) groups excluding carboxylic acids is 1. The number of rotatable bonds is 5. The molecule has 3 rings (SSSR count). The SMILES string of the molecule is CN1CCN(c2ccccc2NC(=O)Nc2cccc(NS(C)(=O)=O)c2)CC1. The van der Waals surface area contributed by atoms with E-state index < -0.39 is 16.1 Å². The Bertz CT molecular complexity index is 940. The summed E-state index contributed by atoms with van der Waals surface area (Å²) >= 11 is 0. The predicted octanol–water partition coefficient (Wildman–Crippen LogP) is 2.45. The van der Waals surface area contributed by atoms with E-state index in [-0.39, 0.29) is 0 Å². The first kappa shape index (κ1) is 20.0. The van der Waals surface area contributed by atoms with Crippen molar-refractivity contribution in [1.82, 2.24) is 4.90 Å². The van der Waals surface area contributed by atoms with Crippen molar-refractivity contribution in [2.75, 3.05) is 59.7 Å². The number of hydrogen-bond acceptors (Lipinski definition) is 5. The number of benzene rings is 2. The fourth-order valence-corrected chi connectivity index (χ4v) is 3.62. The zero-order valence-electron chi connectivity index (χ0n) is 16.0. The molecule has 2 aromatic carbocycles. The van der Waals surface area contributed by atoms with Crippen LogP contribution in [-0.2, 0) is 10.0 Å². The summed E-state index contributed by atoms with van der Waals surface area (Å²) in [5.74, 6) is 0. The second-order valence-corrected chi connectivity index (χ2v) is 8.59. The van der Waals surface area contributed by atoms with Gasteiger partial charge in [-0.1, -0.05) is 18.2 Å². The maximum atomic E-state index is 12.5. The molecule has 1 aliphatic rings. The van der Waals surface area contributed by atoms with Gasteiger partial charge in [-0.3, -0.25) is 4.72 Å². The molecule has 1 saturated heterocycles. The van der Waals surface area contributed by atoms with Gasteiger partial charge in [0.1, 0.15) is 0 Å². The molecule has 3 N–H and O–H groups in total. The summed E-state index contributed by atoms with van der Waals surface area (Å²) in [6.45, 7) is 3.74. The van der Waals surface area contributed by atoms with E-state index in [2.05, 4.69) is 32.2 Å². The number of nitrogens with zero attached hydrogens (tertiary/aromatic N) is 2. The third-order valence-electron chi connectivity index (χ3n) is 4.42. The van der Waals surface area contributed by atoms with Gasteiger partial charge < -0.3 is 20.4 Å². The van der Waals surface area contributed by atoms with Crippen molar-refractivity contribution < 1.29 is 13.2 Å². The third-order valence-corrected chi connectivity index (χ3v) is 5.03. The Morgan fingerprint density at radius 3 is 2.32 bits per heavy atom. The molecule has 0 aliphatic carbocycles. The molecule has 1 fully saturated rings. The number of anilines is 4. The monoisotopic (exact) mass is 403 g/mol. The van der Waals surface area contributed by atoms with Gasteiger partial charge in [0.25, 0.3) is 0 Å². The van der Waals surface area contributed by atoms with Crippen LogP contribution < -0.4 is 20.3 Å². The van der Waals surface area contributed by atoms with Crippen LogP contribution in [0.25, 0.3) is 0 Å². The summed E-state index contributed by atoms with van der Waals surface area (Å²) in [4.78, 5) is 17.0. The molecule has 0 atom stereocenters. The van der Waals surface area contributed by atoms with Crippen LogP contribution in [0.5, 0.6) is 0 Å². The van der Waals surface area contributed by atoms with E-state index in [1.165, 1.54) is 0 Å². The Morgan fingerprint density at radius 2 is 1.61 bits per heavy atom. The van der Waals surface area contributed by atoms with Gasteiger partial charge in [-0.05, 0) is 37.4 Å². The van der Waals surface area contributed by atoms with Crippen LogP contribution >= 0.6 is 0 Å². The fourth-order valence-electron chi connectivity index (χ4n) is 3.06. The van der Waals surface area contributed by atoms with Crippen molar-refractivity contribution in [3.8, 4) is 0 Å². The number of nitrogens with one attached hydrogen (secondary N) is 3. The van der Waals surface area contributed by atoms with Crippen LogP contribution in [0, 0.1) is 0 Å². The number of hydrogen-bond donors (Lipinski definition) is 3. The lowest BCUT2D eigenvalue weighted by Gasteiger charge is -2.35. The number of para-hydroxylation sites is 2. The van der Waals surface area contributed by atoms with Crippen molar-refractivity contribution in [3.05, 3.63) is 48.5 Å². The average Bonchev–Trinajstić information content (AvgIpc) is 2.62. The molecule has 0 spiro atoms. The fraction of sp³-hybridized carbons (Fsp3) is 0.316. The minimum atomic E-state index is -3.38. The molecule has 2 aromatic rings. The topological polar surface area (TPSA) is 93.8 Å². The van der Waals surface area contributed by atoms with Gasteiger partial charge in [0, 0.05) is 31.9 Å². The van der Waals surface area contributed by atoms with E-state index in [4.69, 9.17) is 0 Å². The molecule has 1 heterocycles. The first-order valence-electron chi connectivity index (χ1n) is 8.98. The first-order valence-corrected chi connectivity index (χ1v) is 10.9. The van der Waals surface area contributed by atoms with Gasteiger partial charge in [-0.15, -0.1) is 0 Å². The lowest BCUT2D eigenvalue weighted by atomic mass is 10.2. The summed E-state index contributed by atoms with van der Waals surface area (Å²) in [5.41, 5.74) is 2.59. The van der Waals surface area contributed by atoms with E-state index in [1.807, 2.05) is 24.3 Å². The quantitative estimate of drug-likeness (QED) is 0.713. The van der Waals surface area contributed by atoms with E-state index in [9.17, 15) is 13.2 Å². The Kier molecular flexibility index (Phi) is 6.05. The number of sulfonamides is 1. The highest BCUT2D eigenvalue weighted by Crippen LogP contribution is 2.27. The molecule has 0 bridgehead atoms. The van der Waals surface area contributed by atoms with Crippen molar-refractivity contribution >= 4 is 38.8 Å². The largest absolute Gasteiger partial charge is 0.367 e. The zero-order chi connectivity index (χ0) is 20.1. The van der Waals surface area contributed by atoms with Crippen LogP contribution in [0.15, 0.2) is 48.5 Å². The Balaban J connectivity index is 1.68. The second-order valence-electron chi connectivity index (χ2n) is 6.84. The number of likely N-dealkylation sites (N-methyl/N-ethyl adjacent to an activating group) is 1. The van der Waals surface area contributed by atoms with Crippen LogP contribution in [0.1, 0.15) is 0 Å². The summed E-state index contributed by atoms with van der Waals surface area (Å²) in [6, 6.07) is 13.9. The Morgan fingerprint density at radius 1 is 0.929 bits per heavy atom. The van der Waals surface area contributed by atoms with Crippen LogP contribution in [0.3, 0.4) is 0 Å². The van der Waals surface area contributed by atoms with Gasteiger partial charge in [0.15, 0.2) is 0 Å². The highest BCUT2D eigenvalue weighted by molar-refractivity contribution is 7.92. The van der Waals surface area contributed by atoms with Crippen LogP contribution in [-0.4, -0.2) is 58.8 Å². The van der Waals surface area contributed by atoms with Crippen molar-refractivity contribution in [3.63, 3.8) is 0 Å². The molecule has 28 heavy (non-hydrogen) atoms. The maximum absolute atomic E-state index is 12.5. The van der Waals surface area contributed by atoms with Crippen LogP contribution in [0.2, 0.25) is 0 Å². The lowest BCUT2D eigenvalue weighted by molar-refractivity contribution is 0.262. The van der Waals surface area contributed by atoms with Gasteiger partial charge >= 0.3 is 6.03 Å². The smallest absolute Gasteiger partial charge is 0.323 e. The van der Waals surface area contributed by atoms with Crippen molar-refractivity contribution in [2.45, 2.75) is 0 Å². The van der Waals surface area contributed by atoms with Gasteiger partial charge in [0.05, 0.1) is 23.3 Å². The van der Waals surface area contributed by atoms with E-state index in [0.717, 1.165) is 43.8 Å². The average molecular weight is 404 g/mol. The number of piperazine rings is 1.